The summed E-state index contributed by atoms with van der Waals surface area (Å²) in [4.78, 5) is 12.8. The maximum atomic E-state index is 12.1. The number of carbonyl (C=O) groups is 1. The fourth-order valence-electron chi connectivity index (χ4n) is 1.85. The number of nitrogens with one attached hydrogen (secondary N) is 1. The number of ether oxygens (including phenoxy) is 1. The Morgan fingerprint density at radius 2 is 1.88 bits per heavy atom. The van der Waals surface area contributed by atoms with Gasteiger partial charge < -0.3 is 10.1 Å². The van der Waals surface area contributed by atoms with Gasteiger partial charge in [-0.25, -0.2) is 12.7 Å². The number of para-hydroxylation sites is 1. The quantitative estimate of drug-likeness (QED) is 0.812. The second-order valence-electron chi connectivity index (χ2n) is 5.30. The van der Waals surface area contributed by atoms with Crippen LogP contribution in [0.4, 0.5) is 0 Å². The third-order valence-electron chi connectivity index (χ3n) is 3.23. The number of thiophene rings is 1. The zero-order valence-corrected chi connectivity index (χ0v) is 15.4. The number of amides is 1. The van der Waals surface area contributed by atoms with E-state index in [0.717, 1.165) is 20.5 Å². The van der Waals surface area contributed by atoms with E-state index in [4.69, 9.17) is 4.74 Å². The van der Waals surface area contributed by atoms with Gasteiger partial charge in [-0.3, -0.25) is 4.79 Å². The van der Waals surface area contributed by atoms with Crippen LogP contribution in [-0.4, -0.2) is 38.8 Å². The lowest BCUT2D eigenvalue weighted by molar-refractivity contribution is -0.127. The van der Waals surface area contributed by atoms with Gasteiger partial charge in [0, 0.05) is 19.0 Å². The molecule has 6 nitrogen and oxygen atoms in total. The van der Waals surface area contributed by atoms with E-state index in [1.807, 2.05) is 18.2 Å². The first-order valence-electron chi connectivity index (χ1n) is 7.31. The van der Waals surface area contributed by atoms with Crippen LogP contribution < -0.4 is 10.1 Å². The van der Waals surface area contributed by atoms with Gasteiger partial charge in [0.1, 0.15) is 9.96 Å². The summed E-state index contributed by atoms with van der Waals surface area (Å²) in [7, 11) is -0.467. The van der Waals surface area contributed by atoms with Crippen molar-refractivity contribution in [2.75, 3.05) is 14.1 Å². The smallest absolute Gasteiger partial charge is 0.261 e. The van der Waals surface area contributed by atoms with Gasteiger partial charge >= 0.3 is 0 Å². The standard InChI is InChI=1S/C16H20N2O4S2/c1-12(22-13-7-5-4-6-8-13)16(19)17-11-14-9-10-15(23-14)24(20,21)18(2)3/h4-10,12H,11H2,1-3H3,(H,17,19). The molecule has 0 aliphatic carbocycles. The average molecular weight is 368 g/mol. The molecule has 130 valence electrons. The van der Waals surface area contributed by atoms with E-state index in [1.165, 1.54) is 14.1 Å². The van der Waals surface area contributed by atoms with E-state index in [9.17, 15) is 13.2 Å². The lowest BCUT2D eigenvalue weighted by atomic mass is 10.3. The molecule has 0 fully saturated rings. The van der Waals surface area contributed by atoms with Crippen LogP contribution in [0.3, 0.4) is 0 Å². The molecule has 2 aromatic rings. The number of rotatable bonds is 7. The predicted octanol–water partition coefficient (Wildman–Crippen LogP) is 2.08. The third kappa shape index (κ3) is 4.56. The second-order valence-corrected chi connectivity index (χ2v) is 8.85. The Bertz CT molecular complexity index is 785. The van der Waals surface area contributed by atoms with Crippen LogP contribution in [0, 0.1) is 0 Å². The Morgan fingerprint density at radius 3 is 2.50 bits per heavy atom. The molecule has 0 bridgehead atoms. The van der Waals surface area contributed by atoms with Gasteiger partial charge in [0.25, 0.3) is 15.9 Å². The minimum absolute atomic E-state index is 0.255. The van der Waals surface area contributed by atoms with Gasteiger partial charge in [-0.2, -0.15) is 0 Å². The van der Waals surface area contributed by atoms with Crippen molar-refractivity contribution in [1.29, 1.82) is 0 Å². The first-order chi connectivity index (χ1) is 11.3. The minimum Gasteiger partial charge on any atom is -0.481 e. The Labute approximate surface area is 146 Å². The van der Waals surface area contributed by atoms with Gasteiger partial charge in [0.15, 0.2) is 6.10 Å². The molecule has 0 spiro atoms. The molecule has 1 unspecified atom stereocenters. The van der Waals surface area contributed by atoms with Crippen LogP contribution in [0.25, 0.3) is 0 Å². The summed E-state index contributed by atoms with van der Waals surface area (Å²) in [6.07, 6.45) is -0.641. The molecule has 8 heteroatoms. The molecule has 0 saturated carbocycles. The predicted molar refractivity (Wildman–Crippen MR) is 93.6 cm³/mol. The highest BCUT2D eigenvalue weighted by Gasteiger charge is 2.20. The van der Waals surface area contributed by atoms with Gasteiger partial charge in [-0.05, 0) is 31.2 Å². The van der Waals surface area contributed by atoms with E-state index < -0.39 is 16.1 Å². The zero-order valence-electron chi connectivity index (χ0n) is 13.7. The van der Waals surface area contributed by atoms with Crippen LogP contribution in [0.15, 0.2) is 46.7 Å². The lowest BCUT2D eigenvalue weighted by Gasteiger charge is -2.14. The molecule has 1 N–H and O–H groups in total. The number of sulfonamides is 1. The number of benzene rings is 1. The summed E-state index contributed by atoms with van der Waals surface area (Å²) in [6, 6.07) is 12.3. The maximum absolute atomic E-state index is 12.1. The van der Waals surface area contributed by atoms with Crippen molar-refractivity contribution in [1.82, 2.24) is 9.62 Å². The monoisotopic (exact) mass is 368 g/mol. The molecule has 2 rings (SSSR count). The van der Waals surface area contributed by atoms with E-state index in [0.29, 0.717) is 5.75 Å². The number of hydrogen-bond acceptors (Lipinski definition) is 5. The summed E-state index contributed by atoms with van der Waals surface area (Å²) in [6.45, 7) is 1.92. The number of nitrogens with zero attached hydrogens (tertiary/aromatic N) is 1. The topological polar surface area (TPSA) is 75.7 Å². The molecule has 1 amide bonds. The molecule has 24 heavy (non-hydrogen) atoms. The Hall–Kier alpha value is -1.90. The van der Waals surface area contributed by atoms with E-state index in [2.05, 4.69) is 5.32 Å². The lowest BCUT2D eigenvalue weighted by Crippen LogP contribution is -2.35. The minimum atomic E-state index is -3.44. The van der Waals surface area contributed by atoms with Gasteiger partial charge in [-0.15, -0.1) is 11.3 Å². The van der Waals surface area contributed by atoms with Crippen molar-refractivity contribution in [3.05, 3.63) is 47.3 Å². The van der Waals surface area contributed by atoms with Crippen LogP contribution in [0.5, 0.6) is 5.75 Å². The SMILES string of the molecule is CC(Oc1ccccc1)C(=O)NCc1ccc(S(=O)(=O)N(C)C)s1. The summed E-state index contributed by atoms with van der Waals surface area (Å²) in [5.41, 5.74) is 0. The maximum Gasteiger partial charge on any atom is 0.261 e. The second kappa shape index (κ2) is 7.78. The van der Waals surface area contributed by atoms with Crippen molar-refractivity contribution in [2.24, 2.45) is 0 Å². The third-order valence-corrected chi connectivity index (χ3v) is 6.60. The highest BCUT2D eigenvalue weighted by Crippen LogP contribution is 2.23. The molecule has 0 radical (unpaired) electrons. The number of carbonyl (C=O) groups excluding carboxylic acids is 1. The van der Waals surface area contributed by atoms with Crippen molar-refractivity contribution in [3.8, 4) is 5.75 Å². The molecule has 1 heterocycles. The number of hydrogen-bond donors (Lipinski definition) is 1. The summed E-state index contributed by atoms with van der Waals surface area (Å²) in [5.74, 6) is 0.361. The normalized spacial score (nSPS) is 12.8. The Kier molecular flexibility index (Phi) is 5.98. The summed E-state index contributed by atoms with van der Waals surface area (Å²) in [5, 5.41) is 2.75. The van der Waals surface area contributed by atoms with Crippen molar-refractivity contribution >= 4 is 27.3 Å². The fourth-order valence-corrected chi connectivity index (χ4v) is 4.31. The highest BCUT2D eigenvalue weighted by molar-refractivity contribution is 7.91. The van der Waals surface area contributed by atoms with Crippen molar-refractivity contribution < 1.29 is 17.9 Å². The van der Waals surface area contributed by atoms with Crippen molar-refractivity contribution in [2.45, 2.75) is 23.8 Å². The van der Waals surface area contributed by atoms with E-state index >= 15 is 0 Å². The first kappa shape index (κ1) is 18.4. The molecular formula is C16H20N2O4S2. The molecule has 0 aliphatic rings. The molecule has 1 aromatic heterocycles. The Balaban J connectivity index is 1.91. The fraction of sp³-hybridized carbons (Fsp3) is 0.312. The summed E-state index contributed by atoms with van der Waals surface area (Å²) >= 11 is 1.14. The van der Waals surface area contributed by atoms with Crippen LogP contribution in [-0.2, 0) is 21.4 Å². The van der Waals surface area contributed by atoms with E-state index in [1.54, 1.807) is 31.2 Å². The molecule has 1 atom stereocenters. The highest BCUT2D eigenvalue weighted by atomic mass is 32.2. The molecular weight excluding hydrogens is 348 g/mol. The van der Waals surface area contributed by atoms with Gasteiger partial charge in [-0.1, -0.05) is 18.2 Å². The average Bonchev–Trinajstić information content (AvgIpc) is 3.03. The van der Waals surface area contributed by atoms with Crippen LogP contribution in [0.1, 0.15) is 11.8 Å². The van der Waals surface area contributed by atoms with Crippen molar-refractivity contribution in [3.63, 3.8) is 0 Å². The first-order valence-corrected chi connectivity index (χ1v) is 9.57. The van der Waals surface area contributed by atoms with Gasteiger partial charge in [0.05, 0.1) is 6.54 Å². The zero-order chi connectivity index (χ0) is 17.7. The largest absolute Gasteiger partial charge is 0.481 e. The Morgan fingerprint density at radius 1 is 1.21 bits per heavy atom. The van der Waals surface area contributed by atoms with Crippen LogP contribution in [0.2, 0.25) is 0 Å². The summed E-state index contributed by atoms with van der Waals surface area (Å²) < 4.78 is 31.0. The van der Waals surface area contributed by atoms with E-state index in [-0.39, 0.29) is 16.7 Å². The van der Waals surface area contributed by atoms with Crippen LogP contribution >= 0.6 is 11.3 Å². The molecule has 0 saturated heterocycles. The van der Waals surface area contributed by atoms with Gasteiger partial charge in [0.2, 0.25) is 0 Å². The molecule has 0 aliphatic heterocycles. The molecule has 1 aromatic carbocycles.